The summed E-state index contributed by atoms with van der Waals surface area (Å²) in [7, 11) is 0. The number of carbonyl (C=O) groups excluding carboxylic acids is 1. The van der Waals surface area contributed by atoms with Crippen LogP contribution in [0.4, 0.5) is 0 Å². The van der Waals surface area contributed by atoms with Crippen molar-refractivity contribution >= 4 is 17.7 Å². The average Bonchev–Trinajstić information content (AvgIpc) is 3.39. The van der Waals surface area contributed by atoms with Gasteiger partial charge in [-0.15, -0.1) is 5.10 Å². The minimum atomic E-state index is -0.272. The fourth-order valence-electron chi connectivity index (χ4n) is 2.76. The number of hydrogen-bond acceptors (Lipinski definition) is 7. The van der Waals surface area contributed by atoms with Crippen LogP contribution >= 0.6 is 11.8 Å². The van der Waals surface area contributed by atoms with Gasteiger partial charge in [-0.25, -0.2) is 4.98 Å². The number of ether oxygens (including phenoxy) is 1. The molecule has 1 aromatic carbocycles. The molecule has 1 atom stereocenters. The molecular weight excluding hydrogens is 364 g/mol. The Morgan fingerprint density at radius 3 is 2.96 bits per heavy atom. The summed E-state index contributed by atoms with van der Waals surface area (Å²) in [6.07, 6.45) is 2.69. The van der Waals surface area contributed by atoms with E-state index in [-0.39, 0.29) is 18.6 Å². The number of hydrogen-bond donors (Lipinski definition) is 1. The molecule has 1 amide bonds. The van der Waals surface area contributed by atoms with Crippen molar-refractivity contribution in [2.24, 2.45) is 0 Å². The van der Waals surface area contributed by atoms with E-state index in [1.165, 1.54) is 0 Å². The smallest absolute Gasteiger partial charge is 0.257 e. The van der Waals surface area contributed by atoms with Gasteiger partial charge in [0.25, 0.3) is 5.91 Å². The lowest BCUT2D eigenvalue weighted by atomic mass is 10.2. The van der Waals surface area contributed by atoms with E-state index >= 15 is 0 Å². The molecule has 1 fully saturated rings. The predicted molar refractivity (Wildman–Crippen MR) is 101 cm³/mol. The summed E-state index contributed by atoms with van der Waals surface area (Å²) in [6, 6.07) is 12.9. The zero-order chi connectivity index (χ0) is 18.5. The zero-order valence-corrected chi connectivity index (χ0v) is 15.3. The SMILES string of the molecule is O=C(NCc1nnnn1-c1ccccc1)c1cccnc1OC1CCSC1. The number of thioether (sulfide) groups is 1. The summed E-state index contributed by atoms with van der Waals surface area (Å²) in [5.41, 5.74) is 1.24. The molecule has 9 heteroatoms. The molecule has 2 aromatic heterocycles. The first-order valence-electron chi connectivity index (χ1n) is 8.61. The summed E-state index contributed by atoms with van der Waals surface area (Å²) in [5.74, 6) is 2.62. The molecule has 0 spiro atoms. The Morgan fingerprint density at radius 1 is 1.26 bits per heavy atom. The third kappa shape index (κ3) is 4.08. The Labute approximate surface area is 160 Å². The Hall–Kier alpha value is -2.94. The number of para-hydroxylation sites is 1. The standard InChI is InChI=1S/C18H18N6O2S/c25-17(15-7-4-9-19-18(15)26-14-8-10-27-12-14)20-11-16-21-22-23-24(16)13-5-2-1-3-6-13/h1-7,9,14H,8,10-12H2,(H,20,25). The topological polar surface area (TPSA) is 94.8 Å². The summed E-state index contributed by atoms with van der Waals surface area (Å²) < 4.78 is 7.51. The average molecular weight is 382 g/mol. The van der Waals surface area contributed by atoms with Crippen molar-refractivity contribution in [2.45, 2.75) is 19.1 Å². The van der Waals surface area contributed by atoms with Crippen LogP contribution in [0.2, 0.25) is 0 Å². The Morgan fingerprint density at radius 2 is 2.15 bits per heavy atom. The van der Waals surface area contributed by atoms with Gasteiger partial charge >= 0.3 is 0 Å². The highest BCUT2D eigenvalue weighted by molar-refractivity contribution is 7.99. The van der Waals surface area contributed by atoms with Gasteiger partial charge in [0, 0.05) is 11.9 Å². The molecule has 0 saturated carbocycles. The van der Waals surface area contributed by atoms with Crippen molar-refractivity contribution < 1.29 is 9.53 Å². The number of tetrazole rings is 1. The van der Waals surface area contributed by atoms with Crippen LogP contribution in [-0.4, -0.2) is 48.7 Å². The van der Waals surface area contributed by atoms with Gasteiger partial charge in [-0.05, 0) is 46.9 Å². The molecule has 0 bridgehead atoms. The van der Waals surface area contributed by atoms with Gasteiger partial charge in [-0.3, -0.25) is 4.79 Å². The second kappa shape index (κ2) is 8.17. The predicted octanol–water partition coefficient (Wildman–Crippen LogP) is 1.87. The Bertz CT molecular complexity index is 911. The van der Waals surface area contributed by atoms with Crippen molar-refractivity contribution in [3.05, 3.63) is 60.0 Å². The maximum atomic E-state index is 12.7. The number of nitrogens with zero attached hydrogens (tertiary/aromatic N) is 5. The van der Waals surface area contributed by atoms with Gasteiger partial charge < -0.3 is 10.1 Å². The number of carbonyl (C=O) groups is 1. The molecule has 0 aliphatic carbocycles. The Kier molecular flexibility index (Phi) is 5.29. The van der Waals surface area contributed by atoms with E-state index < -0.39 is 0 Å². The van der Waals surface area contributed by atoms with E-state index in [1.807, 2.05) is 42.1 Å². The molecule has 1 unspecified atom stereocenters. The lowest BCUT2D eigenvalue weighted by molar-refractivity contribution is 0.0942. The minimum absolute atomic E-state index is 0.0989. The number of amides is 1. The normalized spacial score (nSPS) is 16.2. The summed E-state index contributed by atoms with van der Waals surface area (Å²) in [5, 5.41) is 14.5. The number of benzene rings is 1. The molecule has 27 heavy (non-hydrogen) atoms. The van der Waals surface area contributed by atoms with Gasteiger partial charge in [0.2, 0.25) is 5.88 Å². The van der Waals surface area contributed by atoms with Crippen LogP contribution < -0.4 is 10.1 Å². The van der Waals surface area contributed by atoms with Gasteiger partial charge in [-0.1, -0.05) is 18.2 Å². The maximum absolute atomic E-state index is 12.7. The first-order chi connectivity index (χ1) is 13.3. The zero-order valence-electron chi connectivity index (χ0n) is 14.5. The van der Waals surface area contributed by atoms with Crippen LogP contribution in [0.25, 0.3) is 5.69 Å². The number of pyridine rings is 1. The molecule has 1 N–H and O–H groups in total. The molecule has 1 saturated heterocycles. The second-order valence-corrected chi connectivity index (χ2v) is 7.13. The van der Waals surface area contributed by atoms with Gasteiger partial charge in [-0.2, -0.15) is 16.4 Å². The van der Waals surface area contributed by atoms with Crippen molar-refractivity contribution in [3.63, 3.8) is 0 Å². The van der Waals surface area contributed by atoms with Crippen LogP contribution in [0.1, 0.15) is 22.6 Å². The molecule has 3 heterocycles. The van der Waals surface area contributed by atoms with Crippen molar-refractivity contribution in [1.82, 2.24) is 30.5 Å². The molecular formula is C18H18N6O2S. The van der Waals surface area contributed by atoms with E-state index in [1.54, 1.807) is 23.0 Å². The van der Waals surface area contributed by atoms with Crippen LogP contribution in [0.15, 0.2) is 48.7 Å². The fraction of sp³-hybridized carbons (Fsp3) is 0.278. The molecule has 1 aliphatic rings. The van der Waals surface area contributed by atoms with E-state index in [0.717, 1.165) is 23.6 Å². The minimum Gasteiger partial charge on any atom is -0.473 e. The monoisotopic (exact) mass is 382 g/mol. The number of rotatable bonds is 6. The molecule has 0 radical (unpaired) electrons. The van der Waals surface area contributed by atoms with E-state index in [9.17, 15) is 4.79 Å². The fourth-order valence-corrected chi connectivity index (χ4v) is 3.86. The highest BCUT2D eigenvalue weighted by atomic mass is 32.2. The van der Waals surface area contributed by atoms with Crippen LogP contribution in [-0.2, 0) is 6.54 Å². The number of nitrogens with one attached hydrogen (secondary N) is 1. The van der Waals surface area contributed by atoms with Crippen molar-refractivity contribution in [1.29, 1.82) is 0 Å². The van der Waals surface area contributed by atoms with Crippen LogP contribution in [0.3, 0.4) is 0 Å². The first kappa shape index (κ1) is 17.5. The molecule has 1 aliphatic heterocycles. The quantitative estimate of drug-likeness (QED) is 0.695. The highest BCUT2D eigenvalue weighted by Crippen LogP contribution is 2.24. The molecule has 3 aromatic rings. The number of aromatic nitrogens is 5. The van der Waals surface area contributed by atoms with Gasteiger partial charge in [0.15, 0.2) is 5.82 Å². The van der Waals surface area contributed by atoms with Crippen LogP contribution in [0.5, 0.6) is 5.88 Å². The molecule has 4 rings (SSSR count). The van der Waals surface area contributed by atoms with E-state index in [4.69, 9.17) is 4.74 Å². The third-order valence-corrected chi connectivity index (χ3v) is 5.26. The van der Waals surface area contributed by atoms with Crippen LogP contribution in [0, 0.1) is 0 Å². The molecule has 138 valence electrons. The first-order valence-corrected chi connectivity index (χ1v) is 9.77. The lowest BCUT2D eigenvalue weighted by Gasteiger charge is -2.14. The highest BCUT2D eigenvalue weighted by Gasteiger charge is 2.21. The summed E-state index contributed by atoms with van der Waals surface area (Å²) in [4.78, 5) is 16.9. The Balaban J connectivity index is 1.46. The van der Waals surface area contributed by atoms with E-state index in [0.29, 0.717) is 17.3 Å². The van der Waals surface area contributed by atoms with E-state index in [2.05, 4.69) is 25.8 Å². The maximum Gasteiger partial charge on any atom is 0.257 e. The largest absolute Gasteiger partial charge is 0.473 e. The van der Waals surface area contributed by atoms with Crippen molar-refractivity contribution in [2.75, 3.05) is 11.5 Å². The van der Waals surface area contributed by atoms with Crippen molar-refractivity contribution in [3.8, 4) is 11.6 Å². The summed E-state index contributed by atoms with van der Waals surface area (Å²) >= 11 is 1.85. The van der Waals surface area contributed by atoms with Gasteiger partial charge in [0.05, 0.1) is 12.2 Å². The lowest BCUT2D eigenvalue weighted by Crippen LogP contribution is -2.26. The second-order valence-electron chi connectivity index (χ2n) is 5.98. The third-order valence-electron chi connectivity index (χ3n) is 4.12. The summed E-state index contributed by atoms with van der Waals surface area (Å²) in [6.45, 7) is 0.189. The molecule has 8 nitrogen and oxygen atoms in total. The van der Waals surface area contributed by atoms with Gasteiger partial charge in [0.1, 0.15) is 11.7 Å².